The summed E-state index contributed by atoms with van der Waals surface area (Å²) in [5, 5.41) is 9.09. The summed E-state index contributed by atoms with van der Waals surface area (Å²) < 4.78 is 10.8. The van der Waals surface area contributed by atoms with Gasteiger partial charge in [0.15, 0.2) is 5.17 Å². The molecule has 0 spiro atoms. The highest BCUT2D eigenvalue weighted by Crippen LogP contribution is 2.34. The molecule has 2 heterocycles. The quantitative estimate of drug-likeness (QED) is 0.247. The summed E-state index contributed by atoms with van der Waals surface area (Å²) in [5.41, 5.74) is 3.08. The van der Waals surface area contributed by atoms with Crippen molar-refractivity contribution in [2.45, 2.75) is 32.7 Å². The molecule has 0 unspecified atom stereocenters. The number of thioether (sulfide) groups is 1. The molecule has 1 amide bonds. The summed E-state index contributed by atoms with van der Waals surface area (Å²) in [5.74, 6) is 1.24. The fourth-order valence-corrected chi connectivity index (χ4v) is 4.36. The summed E-state index contributed by atoms with van der Waals surface area (Å²) in [4.78, 5) is 15.4. The van der Waals surface area contributed by atoms with E-state index in [1.807, 2.05) is 48.5 Å². The number of amidine groups is 1. The molecule has 1 aromatic heterocycles. The van der Waals surface area contributed by atoms with Gasteiger partial charge < -0.3 is 9.15 Å². The fourth-order valence-electron chi connectivity index (χ4n) is 3.42. The van der Waals surface area contributed by atoms with Gasteiger partial charge in [-0.05, 0) is 58.6 Å². The zero-order valence-corrected chi connectivity index (χ0v) is 20.5. The third-order valence-electron chi connectivity index (χ3n) is 5.34. The van der Waals surface area contributed by atoms with E-state index < -0.39 is 0 Å². The smallest absolute Gasteiger partial charge is 0.267 e. The van der Waals surface area contributed by atoms with Gasteiger partial charge in [0, 0.05) is 5.56 Å². The Morgan fingerprint density at radius 1 is 1.06 bits per heavy atom. The Bertz CT molecular complexity index is 1240. The lowest BCUT2D eigenvalue weighted by Gasteiger charge is -2.18. The van der Waals surface area contributed by atoms with Crippen molar-refractivity contribution in [1.29, 1.82) is 0 Å². The number of rotatable bonds is 6. The van der Waals surface area contributed by atoms with Crippen LogP contribution in [0.4, 0.5) is 0 Å². The minimum absolute atomic E-state index is 0.0721. The molecule has 1 aliphatic heterocycles. The molecule has 3 aromatic rings. The summed E-state index contributed by atoms with van der Waals surface area (Å²) >= 11 is 1.30. The van der Waals surface area contributed by atoms with Gasteiger partial charge in [-0.1, -0.05) is 57.2 Å². The molecule has 0 atom stereocenters. The van der Waals surface area contributed by atoms with E-state index in [1.54, 1.807) is 30.6 Å². The van der Waals surface area contributed by atoms with Gasteiger partial charge in [0.25, 0.3) is 5.91 Å². The first-order valence-electron chi connectivity index (χ1n) is 10.9. The highest BCUT2D eigenvalue weighted by molar-refractivity contribution is 8.18. The number of carbonyl (C=O) groups is 1. The standard InChI is InChI=1S/C27H27N3O3S/c1-27(2,3)21-13-11-19(12-14-21)16-24-25(31)30(18-22-9-7-15-33-22)26(34-24)29-28-17-20-8-5-6-10-23(20)32-4/h5-17H,18H2,1-4H3/b24-16-,28-17+,29-26-. The molecule has 174 valence electrons. The third kappa shape index (κ3) is 5.48. The molecule has 0 saturated carbocycles. The maximum Gasteiger partial charge on any atom is 0.267 e. The summed E-state index contributed by atoms with van der Waals surface area (Å²) in [6.45, 7) is 6.81. The molecule has 4 rings (SSSR count). The minimum Gasteiger partial charge on any atom is -0.496 e. The van der Waals surface area contributed by atoms with Crippen molar-refractivity contribution in [3.8, 4) is 5.75 Å². The lowest BCUT2D eigenvalue weighted by atomic mass is 9.87. The number of carbonyl (C=O) groups excluding carboxylic acids is 1. The van der Waals surface area contributed by atoms with Crippen LogP contribution in [0.1, 0.15) is 43.2 Å². The average Bonchev–Trinajstić information content (AvgIpc) is 3.43. The van der Waals surface area contributed by atoms with Crippen LogP contribution in [0, 0.1) is 0 Å². The minimum atomic E-state index is -0.132. The van der Waals surface area contributed by atoms with Crippen molar-refractivity contribution in [2.75, 3.05) is 7.11 Å². The van der Waals surface area contributed by atoms with Crippen LogP contribution >= 0.6 is 11.8 Å². The maximum atomic E-state index is 13.2. The van der Waals surface area contributed by atoms with Gasteiger partial charge >= 0.3 is 0 Å². The Kier molecular flexibility index (Phi) is 7.03. The first-order chi connectivity index (χ1) is 16.3. The predicted molar refractivity (Wildman–Crippen MR) is 138 cm³/mol. The van der Waals surface area contributed by atoms with E-state index in [0.717, 1.165) is 11.1 Å². The zero-order valence-electron chi connectivity index (χ0n) is 19.7. The van der Waals surface area contributed by atoms with Gasteiger partial charge in [-0.25, -0.2) is 0 Å². The van der Waals surface area contributed by atoms with Gasteiger partial charge in [-0.3, -0.25) is 9.69 Å². The number of furan rings is 1. The van der Waals surface area contributed by atoms with Crippen LogP contribution < -0.4 is 4.74 Å². The first-order valence-corrected chi connectivity index (χ1v) is 11.7. The molecule has 0 radical (unpaired) electrons. The van der Waals surface area contributed by atoms with Crippen LogP contribution in [0.3, 0.4) is 0 Å². The Hall–Kier alpha value is -3.58. The van der Waals surface area contributed by atoms with Crippen molar-refractivity contribution in [2.24, 2.45) is 10.2 Å². The largest absolute Gasteiger partial charge is 0.496 e. The number of para-hydroxylation sites is 1. The van der Waals surface area contributed by atoms with E-state index in [2.05, 4.69) is 43.1 Å². The highest BCUT2D eigenvalue weighted by atomic mass is 32.2. The normalized spacial score (nSPS) is 16.8. The summed E-state index contributed by atoms with van der Waals surface area (Å²) in [6, 6.07) is 19.4. The second-order valence-electron chi connectivity index (χ2n) is 8.82. The Morgan fingerprint density at radius 2 is 1.82 bits per heavy atom. The second-order valence-corrected chi connectivity index (χ2v) is 9.83. The van der Waals surface area contributed by atoms with Crippen LogP contribution in [0.25, 0.3) is 6.08 Å². The lowest BCUT2D eigenvalue weighted by molar-refractivity contribution is -0.122. The zero-order chi connectivity index (χ0) is 24.1. The van der Waals surface area contributed by atoms with Gasteiger partial charge in [0.1, 0.15) is 11.5 Å². The van der Waals surface area contributed by atoms with Crippen molar-refractivity contribution in [3.63, 3.8) is 0 Å². The number of methoxy groups -OCH3 is 1. The number of nitrogens with zero attached hydrogens (tertiary/aromatic N) is 3. The monoisotopic (exact) mass is 473 g/mol. The van der Waals surface area contributed by atoms with Crippen LogP contribution in [-0.2, 0) is 16.8 Å². The molecule has 1 saturated heterocycles. The van der Waals surface area contributed by atoms with E-state index >= 15 is 0 Å². The molecule has 7 heteroatoms. The number of hydrogen-bond acceptors (Lipinski definition) is 6. The molecule has 34 heavy (non-hydrogen) atoms. The Morgan fingerprint density at radius 3 is 2.50 bits per heavy atom. The van der Waals surface area contributed by atoms with Gasteiger partial charge in [-0.15, -0.1) is 5.10 Å². The van der Waals surface area contributed by atoms with E-state index in [-0.39, 0.29) is 17.9 Å². The van der Waals surface area contributed by atoms with Crippen LogP contribution in [-0.4, -0.2) is 29.3 Å². The predicted octanol–water partition coefficient (Wildman–Crippen LogP) is 6.09. The first kappa shape index (κ1) is 23.6. The number of amides is 1. The second kappa shape index (κ2) is 10.1. The van der Waals surface area contributed by atoms with Crippen LogP contribution in [0.5, 0.6) is 5.75 Å². The van der Waals surface area contributed by atoms with Crippen molar-refractivity contribution >= 4 is 35.1 Å². The molecule has 1 aliphatic rings. The summed E-state index contributed by atoms with van der Waals surface area (Å²) in [7, 11) is 1.61. The molecule has 6 nitrogen and oxygen atoms in total. The number of hydrogen-bond donors (Lipinski definition) is 0. The van der Waals surface area contributed by atoms with Crippen LogP contribution in [0.15, 0.2) is 86.5 Å². The van der Waals surface area contributed by atoms with Crippen molar-refractivity contribution in [3.05, 3.63) is 94.3 Å². The topological polar surface area (TPSA) is 67.4 Å². The maximum absolute atomic E-state index is 13.2. The van der Waals surface area contributed by atoms with Gasteiger partial charge in [-0.2, -0.15) is 5.10 Å². The molecule has 1 fully saturated rings. The van der Waals surface area contributed by atoms with E-state index in [4.69, 9.17) is 9.15 Å². The van der Waals surface area contributed by atoms with Gasteiger partial charge in [0.2, 0.25) is 0 Å². The molecular weight excluding hydrogens is 446 g/mol. The van der Waals surface area contributed by atoms with E-state index in [0.29, 0.717) is 21.6 Å². The summed E-state index contributed by atoms with van der Waals surface area (Å²) in [6.07, 6.45) is 5.10. The van der Waals surface area contributed by atoms with Gasteiger partial charge in [0.05, 0.1) is 31.0 Å². The highest BCUT2D eigenvalue weighted by Gasteiger charge is 2.34. The van der Waals surface area contributed by atoms with Crippen molar-refractivity contribution < 1.29 is 13.9 Å². The van der Waals surface area contributed by atoms with Crippen molar-refractivity contribution in [1.82, 2.24) is 4.90 Å². The fraction of sp³-hybridized carbons (Fsp3) is 0.222. The van der Waals surface area contributed by atoms with E-state index in [9.17, 15) is 4.79 Å². The van der Waals surface area contributed by atoms with Crippen LogP contribution in [0.2, 0.25) is 0 Å². The molecule has 0 N–H and O–H groups in total. The SMILES string of the molecule is COc1ccccc1/C=N/N=C1\S/C(=C\c2ccc(C(C)(C)C)cc2)C(=O)N1Cc1ccco1. The number of benzene rings is 2. The molecule has 0 aliphatic carbocycles. The lowest BCUT2D eigenvalue weighted by Crippen LogP contribution is -2.28. The number of ether oxygens (including phenoxy) is 1. The molecule has 2 aromatic carbocycles. The third-order valence-corrected chi connectivity index (χ3v) is 6.33. The Labute approximate surface area is 204 Å². The molecule has 0 bridgehead atoms. The Balaban J connectivity index is 1.61. The van der Waals surface area contributed by atoms with E-state index in [1.165, 1.54) is 17.3 Å². The molecular formula is C27H27N3O3S. The average molecular weight is 474 g/mol.